The molecule has 1 heterocycles. The molecule has 2 aliphatic carbocycles. The topological polar surface area (TPSA) is 3.24 Å². The quantitative estimate of drug-likeness (QED) is 0.162. The number of benzene rings is 9. The van der Waals surface area contributed by atoms with Crippen molar-refractivity contribution in [2.45, 2.75) is 24.7 Å². The first-order valence-electron chi connectivity index (χ1n) is 20.9. The predicted molar refractivity (Wildman–Crippen MR) is 254 cm³/mol. The lowest BCUT2D eigenvalue weighted by Crippen LogP contribution is -2.28. The van der Waals surface area contributed by atoms with Gasteiger partial charge in [0.15, 0.2) is 0 Å². The Kier molecular flexibility index (Phi) is 7.73. The molecule has 0 bridgehead atoms. The molecule has 0 fully saturated rings. The second-order valence-electron chi connectivity index (χ2n) is 16.8. The van der Waals surface area contributed by atoms with Gasteiger partial charge in [-0.2, -0.15) is 0 Å². The first-order valence-corrected chi connectivity index (χ1v) is 21.8. The molecule has 284 valence electrons. The third kappa shape index (κ3) is 4.86. The molecule has 1 nitrogen and oxygen atoms in total. The third-order valence-electron chi connectivity index (χ3n) is 13.3. The molecule has 0 atom stereocenters. The molecule has 10 aromatic rings. The molecule has 0 radical (unpaired) electrons. The number of para-hydroxylation sites is 1. The van der Waals surface area contributed by atoms with Crippen LogP contribution in [0.5, 0.6) is 0 Å². The van der Waals surface area contributed by atoms with Gasteiger partial charge in [-0.1, -0.05) is 196 Å². The summed E-state index contributed by atoms with van der Waals surface area (Å²) in [5.74, 6) is 0. The largest absolute Gasteiger partial charge is 0.308 e. The fourth-order valence-corrected chi connectivity index (χ4v) is 12.1. The van der Waals surface area contributed by atoms with Crippen molar-refractivity contribution in [2.75, 3.05) is 4.90 Å². The van der Waals surface area contributed by atoms with Crippen molar-refractivity contribution in [1.82, 2.24) is 0 Å². The second kappa shape index (κ2) is 13.3. The summed E-state index contributed by atoms with van der Waals surface area (Å²) < 4.78 is 2.57. The van der Waals surface area contributed by atoms with E-state index in [-0.39, 0.29) is 5.41 Å². The maximum Gasteiger partial charge on any atom is 0.0714 e. The van der Waals surface area contributed by atoms with Gasteiger partial charge in [-0.3, -0.25) is 0 Å². The second-order valence-corrected chi connectivity index (χ2v) is 17.8. The van der Waals surface area contributed by atoms with Crippen LogP contribution in [0.1, 0.15) is 47.2 Å². The van der Waals surface area contributed by atoms with E-state index in [1.807, 2.05) is 11.3 Å². The zero-order valence-electron chi connectivity index (χ0n) is 33.6. The minimum atomic E-state index is -0.519. The van der Waals surface area contributed by atoms with E-state index in [9.17, 15) is 0 Å². The molecule has 2 aliphatic rings. The Labute approximate surface area is 355 Å². The van der Waals surface area contributed by atoms with Gasteiger partial charge in [-0.05, 0) is 91.5 Å². The predicted octanol–water partition coefficient (Wildman–Crippen LogP) is 15.9. The molecule has 0 N–H and O–H groups in total. The van der Waals surface area contributed by atoms with E-state index in [2.05, 4.69) is 231 Å². The molecular weight excluding hydrogens is 743 g/mol. The van der Waals surface area contributed by atoms with Gasteiger partial charge in [0, 0.05) is 32.1 Å². The summed E-state index contributed by atoms with van der Waals surface area (Å²) in [6.45, 7) is 4.79. The van der Waals surface area contributed by atoms with Gasteiger partial charge in [0.25, 0.3) is 0 Å². The molecule has 0 saturated carbocycles. The fourth-order valence-electron chi connectivity index (χ4n) is 10.9. The zero-order valence-corrected chi connectivity index (χ0v) is 34.4. The van der Waals surface area contributed by atoms with Crippen molar-refractivity contribution in [3.63, 3.8) is 0 Å². The highest BCUT2D eigenvalue weighted by molar-refractivity contribution is 7.26. The minimum absolute atomic E-state index is 0.170. The number of hydrogen-bond acceptors (Lipinski definition) is 2. The lowest BCUT2D eigenvalue weighted by Gasteiger charge is -2.35. The Balaban J connectivity index is 1.17. The van der Waals surface area contributed by atoms with Crippen LogP contribution in [-0.2, 0) is 10.8 Å². The van der Waals surface area contributed by atoms with Crippen LogP contribution in [0.15, 0.2) is 212 Å². The van der Waals surface area contributed by atoms with Crippen molar-refractivity contribution in [3.05, 3.63) is 246 Å². The van der Waals surface area contributed by atoms with Crippen molar-refractivity contribution in [1.29, 1.82) is 0 Å². The summed E-state index contributed by atoms with van der Waals surface area (Å²) in [4.78, 5) is 2.56. The number of nitrogens with zero attached hydrogens (tertiary/aromatic N) is 1. The van der Waals surface area contributed by atoms with E-state index < -0.39 is 5.41 Å². The number of anilines is 3. The van der Waals surface area contributed by atoms with E-state index in [1.54, 1.807) is 0 Å². The summed E-state index contributed by atoms with van der Waals surface area (Å²) in [5.41, 5.74) is 18.4. The van der Waals surface area contributed by atoms with Crippen LogP contribution in [0.3, 0.4) is 0 Å². The summed E-state index contributed by atoms with van der Waals surface area (Å²) in [6.07, 6.45) is 0. The average Bonchev–Trinajstić information content (AvgIpc) is 3.92. The molecule has 0 saturated heterocycles. The van der Waals surface area contributed by atoms with E-state index in [0.29, 0.717) is 0 Å². The molecule has 0 aliphatic heterocycles. The normalized spacial score (nSPS) is 14.1. The molecule has 9 aromatic carbocycles. The summed E-state index contributed by atoms with van der Waals surface area (Å²) in [6, 6.07) is 79.2. The smallest absolute Gasteiger partial charge is 0.0714 e. The number of thiophene rings is 1. The highest BCUT2D eigenvalue weighted by Gasteiger charge is 2.46. The van der Waals surface area contributed by atoms with Crippen LogP contribution >= 0.6 is 11.3 Å². The Morgan fingerprint density at radius 2 is 0.900 bits per heavy atom. The fraction of sp³-hybridized carbons (Fsp3) is 0.0690. The maximum atomic E-state index is 2.56. The van der Waals surface area contributed by atoms with E-state index in [0.717, 1.165) is 11.4 Å². The lowest BCUT2D eigenvalue weighted by molar-refractivity contribution is 0.662. The monoisotopic (exact) mass is 783 g/mol. The minimum Gasteiger partial charge on any atom is -0.308 e. The Hall–Kier alpha value is -7.00. The van der Waals surface area contributed by atoms with Gasteiger partial charge in [-0.15, -0.1) is 11.3 Å². The first-order chi connectivity index (χ1) is 29.5. The van der Waals surface area contributed by atoms with Crippen LogP contribution < -0.4 is 4.90 Å². The molecule has 1 aromatic heterocycles. The van der Waals surface area contributed by atoms with Crippen molar-refractivity contribution < 1.29 is 0 Å². The van der Waals surface area contributed by atoms with Gasteiger partial charge in [0.1, 0.15) is 0 Å². The van der Waals surface area contributed by atoms with Gasteiger partial charge >= 0.3 is 0 Å². The summed E-state index contributed by atoms with van der Waals surface area (Å²) in [5, 5.41) is 2.58. The SMILES string of the molecule is CC1(C)c2ccccc2-c2cccc(-c3ccccc3N(c3ccc4c(c3)C(c3ccccc3)(c3ccccc3)c3ccccc3-4)c3cccc4c3sc3ccccc34)c21. The molecule has 12 rings (SSSR count). The van der Waals surface area contributed by atoms with Gasteiger partial charge in [-0.25, -0.2) is 0 Å². The van der Waals surface area contributed by atoms with Crippen LogP contribution in [0, 0.1) is 0 Å². The Morgan fingerprint density at radius 1 is 0.383 bits per heavy atom. The van der Waals surface area contributed by atoms with Gasteiger partial charge in [0.05, 0.1) is 21.5 Å². The van der Waals surface area contributed by atoms with E-state index in [1.165, 1.54) is 92.6 Å². The van der Waals surface area contributed by atoms with Crippen LogP contribution in [-0.4, -0.2) is 0 Å². The van der Waals surface area contributed by atoms with Crippen molar-refractivity contribution in [2.24, 2.45) is 0 Å². The van der Waals surface area contributed by atoms with Crippen LogP contribution in [0.2, 0.25) is 0 Å². The van der Waals surface area contributed by atoms with E-state index in [4.69, 9.17) is 0 Å². The number of fused-ring (bicyclic) bond motifs is 9. The first kappa shape index (κ1) is 35.0. The van der Waals surface area contributed by atoms with Crippen LogP contribution in [0.4, 0.5) is 17.1 Å². The molecule has 2 heteroatoms. The standard InChI is InChI=1S/C58H41NS/c1-57(2)49-30-13-9-24-42(49)46-27-17-28-47(55(46)57)44-25-11-15-32-52(44)59(53-33-18-29-48-45-26-12-16-34-54(45)60-56(48)53)40-35-36-43-41-23-10-14-31-50(41)58(51(43)37-40,38-19-5-3-6-20-38)39-21-7-4-8-22-39/h3-37H,1-2H3. The Bertz CT molecular complexity index is 3260. The van der Waals surface area contributed by atoms with Crippen LogP contribution in [0.25, 0.3) is 53.6 Å². The van der Waals surface area contributed by atoms with Crippen molar-refractivity contribution >= 4 is 48.6 Å². The lowest BCUT2D eigenvalue weighted by atomic mass is 9.67. The van der Waals surface area contributed by atoms with Crippen molar-refractivity contribution in [3.8, 4) is 33.4 Å². The highest BCUT2D eigenvalue weighted by atomic mass is 32.1. The highest BCUT2D eigenvalue weighted by Crippen LogP contribution is 2.59. The zero-order chi connectivity index (χ0) is 40.0. The summed E-state index contributed by atoms with van der Waals surface area (Å²) in [7, 11) is 0. The molecule has 0 spiro atoms. The van der Waals surface area contributed by atoms with Gasteiger partial charge in [0.2, 0.25) is 0 Å². The Morgan fingerprint density at radius 3 is 1.65 bits per heavy atom. The molecular formula is C58H41NS. The van der Waals surface area contributed by atoms with Gasteiger partial charge < -0.3 is 4.90 Å². The molecule has 0 amide bonds. The number of hydrogen-bond donors (Lipinski definition) is 0. The van der Waals surface area contributed by atoms with E-state index >= 15 is 0 Å². The molecule has 0 unspecified atom stereocenters. The molecule has 60 heavy (non-hydrogen) atoms. The maximum absolute atomic E-state index is 2.56. The third-order valence-corrected chi connectivity index (χ3v) is 14.5. The number of rotatable bonds is 6. The summed E-state index contributed by atoms with van der Waals surface area (Å²) >= 11 is 1.89. The average molecular weight is 784 g/mol.